The van der Waals surface area contributed by atoms with Gasteiger partial charge in [-0.1, -0.05) is 34.8 Å². The Balaban J connectivity index is 1.86. The first-order valence-corrected chi connectivity index (χ1v) is 8.07. The van der Waals surface area contributed by atoms with Gasteiger partial charge in [-0.3, -0.25) is 10.1 Å². The lowest BCUT2D eigenvalue weighted by atomic mass is 10.1. The Kier molecular flexibility index (Phi) is 4.23. The maximum absolute atomic E-state index is 11.9. The number of ketones is 1. The molecule has 0 spiro atoms. The smallest absolute Gasteiger partial charge is 0.411 e. The summed E-state index contributed by atoms with van der Waals surface area (Å²) in [6.45, 7) is -0.349. The monoisotopic (exact) mass is 362 g/mol. The number of anilines is 1. The number of ether oxygens (including phenoxy) is 1. The molecule has 2 aliphatic rings. The van der Waals surface area contributed by atoms with Crippen molar-refractivity contribution in [3.63, 3.8) is 0 Å². The topological polar surface area (TPSA) is 68.3 Å². The van der Waals surface area contributed by atoms with Crippen LogP contribution in [0.3, 0.4) is 0 Å². The summed E-state index contributed by atoms with van der Waals surface area (Å²) >= 11 is 16.7. The second-order valence-corrected chi connectivity index (χ2v) is 7.85. The van der Waals surface area contributed by atoms with E-state index in [0.717, 1.165) is 36.1 Å². The Morgan fingerprint density at radius 3 is 2.68 bits per heavy atom. The fraction of sp³-hybridized carbons (Fsp3) is 0.500. The van der Waals surface area contributed by atoms with Gasteiger partial charge in [-0.25, -0.2) is 9.78 Å². The second kappa shape index (κ2) is 5.87. The molecule has 0 radical (unpaired) electrons. The van der Waals surface area contributed by atoms with Crippen LogP contribution in [0.25, 0.3) is 0 Å². The third kappa shape index (κ3) is 3.16. The van der Waals surface area contributed by atoms with E-state index in [1.807, 2.05) is 0 Å². The number of Topliss-reactive ketones (excluding diaryl/α,β-unsaturated/α-hetero) is 1. The van der Waals surface area contributed by atoms with Crippen LogP contribution < -0.4 is 5.32 Å². The number of nitrogens with one attached hydrogen (secondary N) is 1. The summed E-state index contributed by atoms with van der Waals surface area (Å²) in [5.74, 6) is 0.0161. The SMILES string of the molecule is O=C(Nc1c2c(nc3c1CCC3=O)CCC2)OCC(Cl)(Cl)Cl. The molecule has 1 heterocycles. The summed E-state index contributed by atoms with van der Waals surface area (Å²) in [6.07, 6.45) is 2.89. The number of hydrogen-bond acceptors (Lipinski definition) is 4. The standard InChI is InChI=1S/C14H13Cl3N2O3/c15-14(16,17)6-22-13(21)19-11-7-2-1-3-9(7)18-12-8(11)4-5-10(12)20/h1-6H2,(H,18,19,21). The minimum absolute atomic E-state index is 0.0161. The Labute approximate surface area is 142 Å². The molecule has 0 bridgehead atoms. The molecule has 1 N–H and O–H groups in total. The Morgan fingerprint density at radius 2 is 1.95 bits per heavy atom. The lowest BCUT2D eigenvalue weighted by Gasteiger charge is -2.16. The van der Waals surface area contributed by atoms with Crippen molar-refractivity contribution < 1.29 is 14.3 Å². The zero-order valence-electron chi connectivity index (χ0n) is 11.5. The largest absolute Gasteiger partial charge is 0.445 e. The second-order valence-electron chi connectivity index (χ2n) is 5.33. The molecule has 1 aromatic heterocycles. The first-order chi connectivity index (χ1) is 10.3. The lowest BCUT2D eigenvalue weighted by Crippen LogP contribution is -2.22. The Hall–Kier alpha value is -1.04. The van der Waals surface area contributed by atoms with Gasteiger partial charge in [-0.15, -0.1) is 0 Å². The third-order valence-electron chi connectivity index (χ3n) is 3.79. The van der Waals surface area contributed by atoms with E-state index >= 15 is 0 Å². The molecule has 0 saturated carbocycles. The van der Waals surface area contributed by atoms with Crippen LogP contribution in [0.1, 0.15) is 40.2 Å². The fourth-order valence-electron chi connectivity index (χ4n) is 2.89. The van der Waals surface area contributed by atoms with Crippen molar-refractivity contribution in [3.05, 3.63) is 22.5 Å². The molecule has 2 aliphatic carbocycles. The molecule has 0 saturated heterocycles. The normalized spacial score (nSPS) is 16.4. The summed E-state index contributed by atoms with van der Waals surface area (Å²) in [5.41, 5.74) is 3.77. The minimum Gasteiger partial charge on any atom is -0.445 e. The van der Waals surface area contributed by atoms with Crippen LogP contribution >= 0.6 is 34.8 Å². The number of nitrogens with zero attached hydrogens (tertiary/aromatic N) is 1. The highest BCUT2D eigenvalue weighted by Gasteiger charge is 2.31. The molecule has 0 atom stereocenters. The molecule has 1 amide bonds. The highest BCUT2D eigenvalue weighted by Crippen LogP contribution is 2.36. The van der Waals surface area contributed by atoms with Gasteiger partial charge in [0.2, 0.25) is 3.79 Å². The third-order valence-corrected chi connectivity index (χ3v) is 4.11. The van der Waals surface area contributed by atoms with E-state index < -0.39 is 9.89 Å². The number of rotatable bonds is 2. The predicted molar refractivity (Wildman–Crippen MR) is 84.2 cm³/mol. The highest BCUT2D eigenvalue weighted by atomic mass is 35.6. The number of hydrogen-bond donors (Lipinski definition) is 1. The summed E-state index contributed by atoms with van der Waals surface area (Å²) in [7, 11) is 0. The Bertz CT molecular complexity index is 656. The lowest BCUT2D eigenvalue weighted by molar-refractivity contribution is 0.0990. The average Bonchev–Trinajstić information content (AvgIpc) is 3.03. The van der Waals surface area contributed by atoms with Crippen molar-refractivity contribution in [2.45, 2.75) is 35.9 Å². The van der Waals surface area contributed by atoms with E-state index in [0.29, 0.717) is 24.2 Å². The maximum Gasteiger partial charge on any atom is 0.411 e. The van der Waals surface area contributed by atoms with E-state index in [9.17, 15) is 9.59 Å². The van der Waals surface area contributed by atoms with Crippen LogP contribution in [-0.2, 0) is 24.0 Å². The van der Waals surface area contributed by atoms with Crippen LogP contribution in [-0.4, -0.2) is 27.3 Å². The molecule has 22 heavy (non-hydrogen) atoms. The van der Waals surface area contributed by atoms with Gasteiger partial charge in [0.1, 0.15) is 12.3 Å². The van der Waals surface area contributed by atoms with Crippen LogP contribution in [0.5, 0.6) is 0 Å². The number of amides is 1. The van der Waals surface area contributed by atoms with Crippen molar-refractivity contribution in [2.75, 3.05) is 11.9 Å². The van der Waals surface area contributed by atoms with Gasteiger partial charge in [0.25, 0.3) is 0 Å². The van der Waals surface area contributed by atoms with Gasteiger partial charge in [-0.05, 0) is 31.2 Å². The summed E-state index contributed by atoms with van der Waals surface area (Å²) in [6, 6.07) is 0. The summed E-state index contributed by atoms with van der Waals surface area (Å²) in [4.78, 5) is 28.3. The van der Waals surface area contributed by atoms with E-state index in [-0.39, 0.29) is 12.4 Å². The molecule has 3 rings (SSSR count). The number of pyridine rings is 1. The van der Waals surface area contributed by atoms with Crippen LogP contribution in [0.15, 0.2) is 0 Å². The summed E-state index contributed by atoms with van der Waals surface area (Å²) < 4.78 is 3.25. The van der Waals surface area contributed by atoms with Gasteiger partial charge in [-0.2, -0.15) is 0 Å². The Morgan fingerprint density at radius 1 is 1.18 bits per heavy atom. The zero-order valence-corrected chi connectivity index (χ0v) is 13.8. The molecule has 0 unspecified atom stereocenters. The van der Waals surface area contributed by atoms with Crippen LogP contribution in [0, 0.1) is 0 Å². The van der Waals surface area contributed by atoms with Gasteiger partial charge < -0.3 is 4.74 Å². The van der Waals surface area contributed by atoms with Crippen LogP contribution in [0.4, 0.5) is 10.5 Å². The number of alkyl halides is 3. The highest BCUT2D eigenvalue weighted by molar-refractivity contribution is 6.67. The van der Waals surface area contributed by atoms with Crippen LogP contribution in [0.2, 0.25) is 0 Å². The average molecular weight is 364 g/mol. The van der Waals surface area contributed by atoms with Gasteiger partial charge in [0, 0.05) is 17.7 Å². The van der Waals surface area contributed by atoms with Crippen molar-refractivity contribution in [1.82, 2.24) is 4.98 Å². The van der Waals surface area contributed by atoms with Gasteiger partial charge in [0.05, 0.1) is 5.69 Å². The van der Waals surface area contributed by atoms with E-state index in [4.69, 9.17) is 39.5 Å². The van der Waals surface area contributed by atoms with E-state index in [1.54, 1.807) is 0 Å². The van der Waals surface area contributed by atoms with Crippen molar-refractivity contribution >= 4 is 52.4 Å². The van der Waals surface area contributed by atoms with Crippen molar-refractivity contribution in [3.8, 4) is 0 Å². The number of fused-ring (bicyclic) bond motifs is 2. The quantitative estimate of drug-likeness (QED) is 0.815. The van der Waals surface area contributed by atoms with Gasteiger partial charge in [0.15, 0.2) is 5.78 Å². The number of aryl methyl sites for hydroxylation is 1. The number of carbonyl (C=O) groups excluding carboxylic acids is 2. The first-order valence-electron chi connectivity index (χ1n) is 6.93. The van der Waals surface area contributed by atoms with E-state index in [2.05, 4.69) is 10.3 Å². The molecular formula is C14H13Cl3N2O3. The van der Waals surface area contributed by atoms with Crippen molar-refractivity contribution in [2.24, 2.45) is 0 Å². The molecule has 0 aliphatic heterocycles. The number of aromatic nitrogens is 1. The predicted octanol–water partition coefficient (Wildman–Crippen LogP) is 3.62. The summed E-state index contributed by atoms with van der Waals surface area (Å²) in [5, 5.41) is 2.71. The molecule has 118 valence electrons. The number of carbonyl (C=O) groups is 2. The zero-order chi connectivity index (χ0) is 15.9. The molecule has 1 aromatic rings. The molecule has 0 fully saturated rings. The number of halogens is 3. The molecular weight excluding hydrogens is 351 g/mol. The molecule has 8 heteroatoms. The fourth-order valence-corrected chi connectivity index (χ4v) is 3.05. The first kappa shape index (κ1) is 15.8. The van der Waals surface area contributed by atoms with Gasteiger partial charge >= 0.3 is 6.09 Å². The molecule has 5 nitrogen and oxygen atoms in total. The maximum atomic E-state index is 11.9. The van der Waals surface area contributed by atoms with E-state index in [1.165, 1.54) is 0 Å². The minimum atomic E-state index is -1.66. The molecule has 0 aromatic carbocycles. The van der Waals surface area contributed by atoms with Crippen molar-refractivity contribution in [1.29, 1.82) is 0 Å².